The van der Waals surface area contributed by atoms with Crippen molar-refractivity contribution in [1.82, 2.24) is 14.5 Å². The molecule has 0 saturated carbocycles. The van der Waals surface area contributed by atoms with Crippen LogP contribution in [0.3, 0.4) is 0 Å². The topological polar surface area (TPSA) is 111 Å². The molecule has 0 aromatic heterocycles. The normalized spacial score (nSPS) is 18.2. The number of likely N-dealkylation sites (tertiary alicyclic amines) is 1. The van der Waals surface area contributed by atoms with Gasteiger partial charge in [0.15, 0.2) is 5.82 Å². The van der Waals surface area contributed by atoms with Crippen LogP contribution in [-0.4, -0.2) is 59.1 Å². The second-order valence-electron chi connectivity index (χ2n) is 10.3. The van der Waals surface area contributed by atoms with E-state index in [1.54, 1.807) is 39.8 Å². The number of sulfonamides is 1. The van der Waals surface area contributed by atoms with Gasteiger partial charge in [-0.3, -0.25) is 9.29 Å². The van der Waals surface area contributed by atoms with Crippen molar-refractivity contribution in [2.24, 2.45) is 0 Å². The number of aryl methyl sites for hydroxylation is 2. The van der Waals surface area contributed by atoms with Crippen LogP contribution in [0.15, 0.2) is 38.2 Å². The molecule has 0 bridgehead atoms. The van der Waals surface area contributed by atoms with Gasteiger partial charge in [0.05, 0.1) is 15.6 Å². The molecule has 2 atom stereocenters. The Morgan fingerprint density at radius 1 is 1.24 bits per heavy atom. The van der Waals surface area contributed by atoms with Crippen LogP contribution in [0.2, 0.25) is 0 Å². The first-order valence-electron chi connectivity index (χ1n) is 12.0. The summed E-state index contributed by atoms with van der Waals surface area (Å²) in [5, 5.41) is 0. The number of ether oxygens (including phenoxy) is 1. The van der Waals surface area contributed by atoms with Crippen LogP contribution in [0, 0.1) is 20.8 Å². The number of rotatable bonds is 6. The van der Waals surface area contributed by atoms with Gasteiger partial charge in [-0.1, -0.05) is 17.7 Å². The Kier molecular flexibility index (Phi) is 7.84. The Hall–Kier alpha value is -2.64. The van der Waals surface area contributed by atoms with Crippen LogP contribution in [0.5, 0.6) is 0 Å². The highest BCUT2D eigenvalue weighted by Gasteiger charge is 2.38. The molecule has 38 heavy (non-hydrogen) atoms. The molecule has 1 aromatic carbocycles. The maximum Gasteiger partial charge on any atom is 0.410 e. The van der Waals surface area contributed by atoms with Gasteiger partial charge in [0.2, 0.25) is 0 Å². The van der Waals surface area contributed by atoms with Gasteiger partial charge in [-0.15, -0.1) is 23.1 Å². The van der Waals surface area contributed by atoms with Crippen molar-refractivity contribution in [3.8, 4) is 5.69 Å². The van der Waals surface area contributed by atoms with Crippen LogP contribution in [0.4, 0.5) is 15.0 Å². The number of fused-ring (bicyclic) bond motifs is 1. The fourth-order valence-electron chi connectivity index (χ4n) is 4.12. The van der Waals surface area contributed by atoms with E-state index in [9.17, 15) is 22.4 Å². The van der Waals surface area contributed by atoms with E-state index in [2.05, 4.69) is 9.71 Å². The molecule has 1 amide bonds. The highest BCUT2D eigenvalue weighted by molar-refractivity contribution is 8.01. The van der Waals surface area contributed by atoms with Gasteiger partial charge >= 0.3 is 11.8 Å². The number of aromatic nitrogens is 2. The molecule has 3 aliphatic rings. The standard InChI is InChI=1S/C25H31FN4O5S3/c1-14-7-9-19(10-8-14)38(33,34)28-21-20-22(37-16(3)15(2)30(20)23(31)27-21)36-13-18-11-17(26)12-29(18)24(32)35-25(4,5)6/h7-10,17-18H,11-13H2,1-6H3,(H,27,28,31)/t17-,18-/m0/s1. The van der Waals surface area contributed by atoms with Gasteiger partial charge < -0.3 is 9.64 Å². The van der Waals surface area contributed by atoms with E-state index in [1.807, 2.05) is 13.8 Å². The summed E-state index contributed by atoms with van der Waals surface area (Å²) in [4.78, 5) is 31.9. The van der Waals surface area contributed by atoms with Crippen molar-refractivity contribution < 1.29 is 22.3 Å². The van der Waals surface area contributed by atoms with Gasteiger partial charge in [0.25, 0.3) is 10.0 Å². The molecule has 0 aliphatic carbocycles. The Balaban J connectivity index is 1.66. The monoisotopic (exact) mass is 582 g/mol. The lowest BCUT2D eigenvalue weighted by Crippen LogP contribution is -2.41. The molecule has 4 rings (SSSR count). The van der Waals surface area contributed by atoms with Gasteiger partial charge in [0, 0.05) is 28.8 Å². The van der Waals surface area contributed by atoms with E-state index in [1.165, 1.54) is 44.7 Å². The molecular weight excluding hydrogens is 551 g/mol. The van der Waals surface area contributed by atoms with Crippen molar-refractivity contribution in [1.29, 1.82) is 0 Å². The number of anilines is 1. The quantitative estimate of drug-likeness (QED) is 0.412. The molecule has 3 aliphatic heterocycles. The van der Waals surface area contributed by atoms with Crippen molar-refractivity contribution >= 4 is 45.0 Å². The summed E-state index contributed by atoms with van der Waals surface area (Å²) in [6.45, 7) is 10.7. The van der Waals surface area contributed by atoms with Crippen LogP contribution >= 0.6 is 23.1 Å². The molecule has 1 aromatic rings. The fourth-order valence-corrected chi connectivity index (χ4v) is 7.73. The van der Waals surface area contributed by atoms with E-state index < -0.39 is 39.6 Å². The minimum absolute atomic E-state index is 0.0476. The third kappa shape index (κ3) is 5.99. The van der Waals surface area contributed by atoms with Crippen molar-refractivity contribution in [3.05, 3.63) is 50.9 Å². The molecule has 3 heterocycles. The van der Waals surface area contributed by atoms with E-state index in [0.717, 1.165) is 10.4 Å². The van der Waals surface area contributed by atoms with Gasteiger partial charge in [-0.05, 0) is 53.7 Å². The number of nitrogens with zero attached hydrogens (tertiary/aromatic N) is 3. The van der Waals surface area contributed by atoms with Gasteiger partial charge in [-0.2, -0.15) is 4.98 Å². The van der Waals surface area contributed by atoms with E-state index >= 15 is 0 Å². The first kappa shape index (κ1) is 28.4. The number of imidazole rings is 1. The summed E-state index contributed by atoms with van der Waals surface area (Å²) in [7, 11) is -4.01. The molecule has 0 spiro atoms. The highest BCUT2D eigenvalue weighted by atomic mass is 32.2. The summed E-state index contributed by atoms with van der Waals surface area (Å²) in [5.74, 6) is 0.258. The van der Waals surface area contributed by atoms with Crippen molar-refractivity contribution in [2.45, 2.75) is 74.9 Å². The number of halogens is 1. The molecule has 1 fully saturated rings. The van der Waals surface area contributed by atoms with Crippen LogP contribution in [0.25, 0.3) is 5.69 Å². The SMILES string of the molecule is Cc1ccc(S(=O)(=O)Nc2nc(=O)n3c(C)c(C)sc(SC[C@@H]4C[C@H](F)CN4C(=O)OC(C)(C)C)c2-3)cc1. The Labute approximate surface area is 229 Å². The van der Waals surface area contributed by atoms with E-state index in [-0.39, 0.29) is 23.7 Å². The molecule has 0 radical (unpaired) electrons. The average molecular weight is 583 g/mol. The first-order valence-corrected chi connectivity index (χ1v) is 15.3. The second kappa shape index (κ2) is 10.5. The lowest BCUT2D eigenvalue weighted by Gasteiger charge is -2.28. The number of amides is 1. The number of carbonyl (C=O) groups excluding carboxylic acids is 1. The Bertz CT molecular complexity index is 1480. The first-order chi connectivity index (χ1) is 17.7. The zero-order chi connectivity index (χ0) is 28.0. The maximum absolute atomic E-state index is 14.4. The Morgan fingerprint density at radius 2 is 1.89 bits per heavy atom. The second-order valence-corrected chi connectivity index (χ2v) is 14.5. The molecule has 1 saturated heterocycles. The number of hydrogen-bond acceptors (Lipinski definition) is 8. The largest absolute Gasteiger partial charge is 0.444 e. The third-order valence-electron chi connectivity index (χ3n) is 6.09. The molecule has 0 unspecified atom stereocenters. The molecule has 1 N–H and O–H groups in total. The number of hydrogen-bond donors (Lipinski definition) is 1. The predicted octanol–water partition coefficient (Wildman–Crippen LogP) is 4.90. The highest BCUT2D eigenvalue weighted by Crippen LogP contribution is 2.40. The van der Waals surface area contributed by atoms with Crippen LogP contribution in [0.1, 0.15) is 43.3 Å². The maximum atomic E-state index is 14.4. The Morgan fingerprint density at radius 3 is 2.53 bits per heavy atom. The molecule has 9 nitrogen and oxygen atoms in total. The molecule has 206 valence electrons. The number of alkyl halides is 1. The van der Waals surface area contributed by atoms with Crippen molar-refractivity contribution in [2.75, 3.05) is 17.0 Å². The number of benzene rings is 1. The van der Waals surface area contributed by atoms with E-state index in [4.69, 9.17) is 4.74 Å². The summed E-state index contributed by atoms with van der Waals surface area (Å²) >= 11 is 2.72. The summed E-state index contributed by atoms with van der Waals surface area (Å²) in [6, 6.07) is 5.92. The summed E-state index contributed by atoms with van der Waals surface area (Å²) in [5.41, 5.74) is 0.580. The smallest absolute Gasteiger partial charge is 0.410 e. The van der Waals surface area contributed by atoms with Gasteiger partial charge in [0.1, 0.15) is 17.5 Å². The van der Waals surface area contributed by atoms with E-state index in [0.29, 0.717) is 21.3 Å². The number of nitrogens with one attached hydrogen (secondary N) is 1. The van der Waals surface area contributed by atoms with Crippen LogP contribution < -0.4 is 10.4 Å². The van der Waals surface area contributed by atoms with Crippen LogP contribution in [-0.2, 0) is 14.8 Å². The summed E-state index contributed by atoms with van der Waals surface area (Å²) in [6.07, 6.45) is -1.58. The zero-order valence-corrected chi connectivity index (χ0v) is 24.5. The number of carbonyl (C=O) groups is 1. The fraction of sp³-hybridized carbons (Fsp3) is 0.480. The number of thioether (sulfide) groups is 1. The van der Waals surface area contributed by atoms with Crippen molar-refractivity contribution in [3.63, 3.8) is 0 Å². The average Bonchev–Trinajstić information content (AvgIpc) is 3.33. The lowest BCUT2D eigenvalue weighted by molar-refractivity contribution is 0.0233. The molecule has 13 heteroatoms. The third-order valence-corrected chi connectivity index (χ3v) is 10.0. The predicted molar refractivity (Wildman–Crippen MR) is 147 cm³/mol. The lowest BCUT2D eigenvalue weighted by atomic mass is 10.2. The minimum atomic E-state index is -4.01. The minimum Gasteiger partial charge on any atom is -0.444 e. The van der Waals surface area contributed by atoms with Gasteiger partial charge in [-0.25, -0.2) is 22.4 Å². The zero-order valence-electron chi connectivity index (χ0n) is 22.1. The molecular formula is C25H31FN4O5S3. The summed E-state index contributed by atoms with van der Waals surface area (Å²) < 4.78 is 50.5.